The number of amides is 2. The van der Waals surface area contributed by atoms with E-state index in [9.17, 15) is 14.4 Å². The highest BCUT2D eigenvalue weighted by atomic mass is 16.4. The van der Waals surface area contributed by atoms with Crippen LogP contribution < -0.4 is 0 Å². The van der Waals surface area contributed by atoms with E-state index in [0.29, 0.717) is 25.9 Å². The lowest BCUT2D eigenvalue weighted by molar-refractivity contribution is -0.144. The van der Waals surface area contributed by atoms with Crippen molar-refractivity contribution in [3.63, 3.8) is 0 Å². The minimum atomic E-state index is -0.768. The molecule has 2 aliphatic heterocycles. The Balaban J connectivity index is 2.06. The van der Waals surface area contributed by atoms with Crippen LogP contribution in [-0.2, 0) is 14.4 Å². The number of imide groups is 1. The average Bonchev–Trinajstić information content (AvgIpc) is 2.64. The van der Waals surface area contributed by atoms with Gasteiger partial charge in [0.25, 0.3) is 0 Å². The third-order valence-corrected chi connectivity index (χ3v) is 4.21. The maximum absolute atomic E-state index is 12.2. The first-order chi connectivity index (χ1) is 8.95. The molecule has 2 amide bonds. The molecule has 0 aromatic carbocycles. The van der Waals surface area contributed by atoms with Crippen molar-refractivity contribution < 1.29 is 19.5 Å². The van der Waals surface area contributed by atoms with Gasteiger partial charge in [-0.25, -0.2) is 0 Å². The molecule has 0 radical (unpaired) electrons. The highest BCUT2D eigenvalue weighted by molar-refractivity contribution is 6.05. The lowest BCUT2D eigenvalue weighted by Gasteiger charge is -2.38. The minimum Gasteiger partial charge on any atom is -0.481 e. The lowest BCUT2D eigenvalue weighted by atomic mass is 9.90. The molecule has 0 aromatic heterocycles. The normalized spacial score (nSPS) is 32.9. The number of aliphatic carboxylic acids is 1. The number of likely N-dealkylation sites (N-methyl/N-ethyl adjacent to an activating group) is 1. The molecule has 2 saturated heterocycles. The summed E-state index contributed by atoms with van der Waals surface area (Å²) in [6.07, 6.45) is 1.32. The molecule has 0 bridgehead atoms. The fourth-order valence-corrected chi connectivity index (χ4v) is 3.13. The van der Waals surface area contributed by atoms with E-state index in [0.717, 1.165) is 0 Å². The summed E-state index contributed by atoms with van der Waals surface area (Å²) < 4.78 is 0. The van der Waals surface area contributed by atoms with Crippen molar-refractivity contribution in [3.05, 3.63) is 0 Å². The summed E-state index contributed by atoms with van der Waals surface area (Å²) >= 11 is 0. The largest absolute Gasteiger partial charge is 0.481 e. The number of hydrogen-bond donors (Lipinski definition) is 1. The van der Waals surface area contributed by atoms with E-state index in [4.69, 9.17) is 5.11 Å². The molecule has 0 saturated carbocycles. The van der Waals surface area contributed by atoms with Gasteiger partial charge < -0.3 is 5.11 Å². The molecule has 3 atom stereocenters. The fourth-order valence-electron chi connectivity index (χ4n) is 3.13. The highest BCUT2D eigenvalue weighted by Gasteiger charge is 2.44. The maximum Gasteiger partial charge on any atom is 0.306 e. The predicted octanol–water partition coefficient (Wildman–Crippen LogP) is 0.319. The number of piperidine rings is 1. The number of carboxylic acid groups (broad SMARTS) is 1. The minimum absolute atomic E-state index is 0.0217. The van der Waals surface area contributed by atoms with E-state index in [2.05, 4.69) is 0 Å². The van der Waals surface area contributed by atoms with Gasteiger partial charge in [-0.3, -0.25) is 24.2 Å². The van der Waals surface area contributed by atoms with E-state index in [-0.39, 0.29) is 30.2 Å². The molecular weight excluding hydrogens is 248 g/mol. The van der Waals surface area contributed by atoms with Crippen molar-refractivity contribution in [2.24, 2.45) is 5.92 Å². The number of carboxylic acids is 1. The molecule has 6 nitrogen and oxygen atoms in total. The topological polar surface area (TPSA) is 77.9 Å². The van der Waals surface area contributed by atoms with E-state index in [1.165, 1.54) is 4.90 Å². The van der Waals surface area contributed by atoms with Crippen LogP contribution in [0.5, 0.6) is 0 Å². The van der Waals surface area contributed by atoms with Gasteiger partial charge in [-0.15, -0.1) is 0 Å². The Kier molecular flexibility index (Phi) is 3.89. The van der Waals surface area contributed by atoms with Crippen LogP contribution in [0.1, 0.15) is 33.1 Å². The molecule has 6 heteroatoms. The van der Waals surface area contributed by atoms with Gasteiger partial charge in [0.15, 0.2) is 0 Å². The lowest BCUT2D eigenvalue weighted by Crippen LogP contribution is -2.51. The van der Waals surface area contributed by atoms with Crippen molar-refractivity contribution in [2.45, 2.75) is 45.2 Å². The Morgan fingerprint density at radius 2 is 2.11 bits per heavy atom. The molecule has 19 heavy (non-hydrogen) atoms. The molecule has 3 unspecified atom stereocenters. The van der Waals surface area contributed by atoms with Crippen molar-refractivity contribution >= 4 is 17.8 Å². The van der Waals surface area contributed by atoms with Crippen LogP contribution in [0.4, 0.5) is 0 Å². The second kappa shape index (κ2) is 5.28. The quantitative estimate of drug-likeness (QED) is 0.746. The summed E-state index contributed by atoms with van der Waals surface area (Å²) in [5.74, 6) is -1.35. The zero-order valence-corrected chi connectivity index (χ0v) is 11.3. The second-order valence-electron chi connectivity index (χ2n) is 5.34. The Hall–Kier alpha value is -1.43. The first-order valence-electron chi connectivity index (χ1n) is 6.78. The average molecular weight is 268 g/mol. The number of carbonyl (C=O) groups is 3. The first-order valence-corrected chi connectivity index (χ1v) is 6.78. The van der Waals surface area contributed by atoms with Crippen LogP contribution in [0, 0.1) is 5.92 Å². The van der Waals surface area contributed by atoms with E-state index >= 15 is 0 Å². The van der Waals surface area contributed by atoms with Gasteiger partial charge in [0, 0.05) is 19.1 Å². The maximum atomic E-state index is 12.2. The van der Waals surface area contributed by atoms with Crippen LogP contribution in [-0.4, -0.2) is 57.9 Å². The summed E-state index contributed by atoms with van der Waals surface area (Å²) in [5.41, 5.74) is 0. The third-order valence-electron chi connectivity index (χ3n) is 4.21. The monoisotopic (exact) mass is 268 g/mol. The third kappa shape index (κ3) is 2.49. The SMILES string of the molecule is CCN1C(=O)CC(N2CCC(C(=O)O)CC2C)C1=O. The molecule has 0 aliphatic carbocycles. The molecule has 0 aromatic rings. The standard InChI is InChI=1S/C13H20N2O4/c1-3-14-11(16)7-10(12(14)17)15-5-4-9(13(18)19)6-8(15)2/h8-10H,3-7H2,1-2H3,(H,18,19). The molecule has 2 rings (SSSR count). The molecule has 106 valence electrons. The van der Waals surface area contributed by atoms with E-state index in [1.54, 1.807) is 6.92 Å². The van der Waals surface area contributed by atoms with Gasteiger partial charge >= 0.3 is 5.97 Å². The van der Waals surface area contributed by atoms with Gasteiger partial charge in [-0.1, -0.05) is 0 Å². The molecule has 2 fully saturated rings. The summed E-state index contributed by atoms with van der Waals surface area (Å²) in [7, 11) is 0. The Morgan fingerprint density at radius 1 is 1.42 bits per heavy atom. The Labute approximate surface area is 112 Å². The highest BCUT2D eigenvalue weighted by Crippen LogP contribution is 2.29. The first kappa shape index (κ1) is 14.0. The molecular formula is C13H20N2O4. The molecule has 2 heterocycles. The fraction of sp³-hybridized carbons (Fsp3) is 0.769. The smallest absolute Gasteiger partial charge is 0.306 e. The Morgan fingerprint density at radius 3 is 2.58 bits per heavy atom. The zero-order chi connectivity index (χ0) is 14.2. The van der Waals surface area contributed by atoms with E-state index < -0.39 is 12.0 Å². The Bertz CT molecular complexity index is 409. The zero-order valence-electron chi connectivity index (χ0n) is 11.3. The van der Waals surface area contributed by atoms with Gasteiger partial charge in [0.2, 0.25) is 11.8 Å². The molecule has 1 N–H and O–H groups in total. The summed E-state index contributed by atoms with van der Waals surface area (Å²) in [4.78, 5) is 38.2. The molecule has 0 spiro atoms. The van der Waals surface area contributed by atoms with Crippen LogP contribution >= 0.6 is 0 Å². The van der Waals surface area contributed by atoms with Crippen LogP contribution in [0.25, 0.3) is 0 Å². The van der Waals surface area contributed by atoms with Gasteiger partial charge in [-0.05, 0) is 26.7 Å². The second-order valence-corrected chi connectivity index (χ2v) is 5.34. The number of likely N-dealkylation sites (tertiary alicyclic amines) is 2. The van der Waals surface area contributed by atoms with E-state index in [1.807, 2.05) is 11.8 Å². The molecule has 2 aliphatic rings. The van der Waals surface area contributed by atoms with Crippen LogP contribution in [0.15, 0.2) is 0 Å². The summed E-state index contributed by atoms with van der Waals surface area (Å²) in [5, 5.41) is 9.03. The summed E-state index contributed by atoms with van der Waals surface area (Å²) in [6, 6.07) is -0.370. The van der Waals surface area contributed by atoms with Crippen molar-refractivity contribution in [1.29, 1.82) is 0 Å². The van der Waals surface area contributed by atoms with Crippen LogP contribution in [0.3, 0.4) is 0 Å². The van der Waals surface area contributed by atoms with Crippen LogP contribution in [0.2, 0.25) is 0 Å². The number of rotatable bonds is 3. The van der Waals surface area contributed by atoms with Gasteiger partial charge in [0.1, 0.15) is 0 Å². The van der Waals surface area contributed by atoms with Gasteiger partial charge in [0.05, 0.1) is 18.4 Å². The number of carbonyl (C=O) groups excluding carboxylic acids is 2. The van der Waals surface area contributed by atoms with Crippen molar-refractivity contribution in [3.8, 4) is 0 Å². The number of hydrogen-bond acceptors (Lipinski definition) is 4. The van der Waals surface area contributed by atoms with Crippen molar-refractivity contribution in [1.82, 2.24) is 9.80 Å². The summed E-state index contributed by atoms with van der Waals surface area (Å²) in [6.45, 7) is 4.70. The number of nitrogens with zero attached hydrogens (tertiary/aromatic N) is 2. The van der Waals surface area contributed by atoms with Gasteiger partial charge in [-0.2, -0.15) is 0 Å². The van der Waals surface area contributed by atoms with Crippen molar-refractivity contribution in [2.75, 3.05) is 13.1 Å². The predicted molar refractivity (Wildman–Crippen MR) is 67.3 cm³/mol.